The highest BCUT2D eigenvalue weighted by molar-refractivity contribution is 7.16. The minimum absolute atomic E-state index is 0.642. The lowest BCUT2D eigenvalue weighted by molar-refractivity contribution is 0.768. The molecule has 0 spiro atoms. The molecule has 0 unspecified atom stereocenters. The lowest BCUT2D eigenvalue weighted by Gasteiger charge is -2.07. The van der Waals surface area contributed by atoms with Gasteiger partial charge in [-0.2, -0.15) is 10.1 Å². The number of hydrogen-bond donors (Lipinski definition) is 2. The van der Waals surface area contributed by atoms with Crippen molar-refractivity contribution in [2.45, 2.75) is 6.92 Å². The highest BCUT2D eigenvalue weighted by Crippen LogP contribution is 2.28. The predicted molar refractivity (Wildman–Crippen MR) is 78.1 cm³/mol. The summed E-state index contributed by atoms with van der Waals surface area (Å²) < 4.78 is 1.75. The third kappa shape index (κ3) is 2.37. The summed E-state index contributed by atoms with van der Waals surface area (Å²) >= 11 is 1.61. The zero-order chi connectivity index (χ0) is 13.2. The first kappa shape index (κ1) is 11.9. The number of nitrogens with one attached hydrogen (secondary N) is 2. The third-order valence-corrected chi connectivity index (χ3v) is 3.43. The maximum Gasteiger partial charge on any atom is 0.226 e. The average Bonchev–Trinajstić information content (AvgIpc) is 2.99. The molecule has 3 aromatic heterocycles. The summed E-state index contributed by atoms with van der Waals surface area (Å²) in [6.45, 7) is 2.82. The molecule has 6 nitrogen and oxygen atoms in total. The molecule has 0 aliphatic rings. The molecule has 3 rings (SSSR count). The van der Waals surface area contributed by atoms with Gasteiger partial charge in [-0.3, -0.25) is 4.68 Å². The molecule has 0 saturated carbocycles. The molecule has 0 bridgehead atoms. The lowest BCUT2D eigenvalue weighted by Crippen LogP contribution is -2.04. The summed E-state index contributed by atoms with van der Waals surface area (Å²) in [6, 6.07) is 2.02. The Balaban J connectivity index is 2.02. The Morgan fingerprint density at radius 1 is 1.37 bits per heavy atom. The molecule has 0 aromatic carbocycles. The van der Waals surface area contributed by atoms with Crippen molar-refractivity contribution in [3.05, 3.63) is 23.8 Å². The molecule has 3 aromatic rings. The van der Waals surface area contributed by atoms with Crippen molar-refractivity contribution in [1.82, 2.24) is 19.7 Å². The zero-order valence-electron chi connectivity index (χ0n) is 10.7. The van der Waals surface area contributed by atoms with Gasteiger partial charge in [0.2, 0.25) is 5.95 Å². The van der Waals surface area contributed by atoms with Crippen LogP contribution in [0.2, 0.25) is 0 Å². The van der Waals surface area contributed by atoms with Gasteiger partial charge in [0.1, 0.15) is 10.6 Å². The van der Waals surface area contributed by atoms with E-state index in [1.807, 2.05) is 31.6 Å². The van der Waals surface area contributed by atoms with Gasteiger partial charge < -0.3 is 10.6 Å². The average molecular weight is 274 g/mol. The highest BCUT2D eigenvalue weighted by Gasteiger charge is 2.09. The first-order valence-electron chi connectivity index (χ1n) is 6.01. The standard InChI is InChI=1S/C12H14N6S/c1-3-13-12-16-10(9-4-5-19-11(9)17-12)15-8-6-14-18(2)7-8/h4-7H,3H2,1-2H3,(H2,13,15,16,17). The van der Waals surface area contributed by atoms with E-state index in [1.54, 1.807) is 22.2 Å². The van der Waals surface area contributed by atoms with Crippen LogP contribution in [-0.2, 0) is 7.05 Å². The van der Waals surface area contributed by atoms with E-state index in [9.17, 15) is 0 Å². The number of rotatable bonds is 4. The van der Waals surface area contributed by atoms with Crippen LogP contribution in [0.15, 0.2) is 23.8 Å². The Bertz CT molecular complexity index is 701. The summed E-state index contributed by atoms with van der Waals surface area (Å²) in [6.07, 6.45) is 3.68. The number of thiophene rings is 1. The number of hydrogen-bond acceptors (Lipinski definition) is 6. The van der Waals surface area contributed by atoms with Gasteiger partial charge in [0.05, 0.1) is 17.3 Å². The molecule has 0 radical (unpaired) electrons. The van der Waals surface area contributed by atoms with Crippen molar-refractivity contribution < 1.29 is 0 Å². The second kappa shape index (κ2) is 4.85. The Hall–Kier alpha value is -2.15. The van der Waals surface area contributed by atoms with Crippen LogP contribution < -0.4 is 10.6 Å². The van der Waals surface area contributed by atoms with E-state index < -0.39 is 0 Å². The number of aromatic nitrogens is 4. The highest BCUT2D eigenvalue weighted by atomic mass is 32.1. The largest absolute Gasteiger partial charge is 0.354 e. The maximum absolute atomic E-state index is 4.50. The van der Waals surface area contributed by atoms with E-state index >= 15 is 0 Å². The van der Waals surface area contributed by atoms with Crippen LogP contribution in [0.3, 0.4) is 0 Å². The van der Waals surface area contributed by atoms with Crippen molar-refractivity contribution in [3.63, 3.8) is 0 Å². The van der Waals surface area contributed by atoms with Crippen LogP contribution in [0.1, 0.15) is 6.92 Å². The second-order valence-electron chi connectivity index (χ2n) is 4.09. The minimum Gasteiger partial charge on any atom is -0.354 e. The van der Waals surface area contributed by atoms with Crippen LogP contribution in [0.25, 0.3) is 10.2 Å². The fraction of sp³-hybridized carbons (Fsp3) is 0.250. The molecular weight excluding hydrogens is 260 g/mol. The van der Waals surface area contributed by atoms with Gasteiger partial charge in [0.25, 0.3) is 0 Å². The first-order chi connectivity index (χ1) is 9.26. The van der Waals surface area contributed by atoms with Crippen molar-refractivity contribution in [3.8, 4) is 0 Å². The van der Waals surface area contributed by atoms with Crippen molar-refractivity contribution >= 4 is 39.0 Å². The fourth-order valence-corrected chi connectivity index (χ4v) is 2.57. The number of nitrogens with zero attached hydrogens (tertiary/aromatic N) is 4. The Kier molecular flexibility index (Phi) is 3.04. The summed E-state index contributed by atoms with van der Waals surface area (Å²) in [7, 11) is 1.88. The summed E-state index contributed by atoms with van der Waals surface area (Å²) in [5.41, 5.74) is 0.913. The summed E-state index contributed by atoms with van der Waals surface area (Å²) in [5, 5.41) is 13.6. The maximum atomic E-state index is 4.50. The van der Waals surface area contributed by atoms with E-state index in [-0.39, 0.29) is 0 Å². The van der Waals surface area contributed by atoms with Crippen LogP contribution in [-0.4, -0.2) is 26.3 Å². The molecule has 19 heavy (non-hydrogen) atoms. The quantitative estimate of drug-likeness (QED) is 0.765. The van der Waals surface area contributed by atoms with Gasteiger partial charge in [-0.05, 0) is 18.4 Å². The van der Waals surface area contributed by atoms with Crippen LogP contribution in [0, 0.1) is 0 Å². The molecule has 0 aliphatic heterocycles. The predicted octanol–water partition coefficient (Wildman–Crippen LogP) is 2.60. The molecule has 7 heteroatoms. The molecule has 0 saturated heterocycles. The van der Waals surface area contributed by atoms with Crippen molar-refractivity contribution in [2.24, 2.45) is 7.05 Å². The van der Waals surface area contributed by atoms with Crippen LogP contribution in [0.5, 0.6) is 0 Å². The second-order valence-corrected chi connectivity index (χ2v) is 4.99. The van der Waals surface area contributed by atoms with E-state index in [1.165, 1.54) is 0 Å². The molecule has 0 atom stereocenters. The molecular formula is C12H14N6S. The zero-order valence-corrected chi connectivity index (χ0v) is 11.5. The molecule has 0 amide bonds. The molecule has 98 valence electrons. The monoisotopic (exact) mass is 274 g/mol. The smallest absolute Gasteiger partial charge is 0.226 e. The van der Waals surface area contributed by atoms with Gasteiger partial charge in [-0.1, -0.05) is 0 Å². The van der Waals surface area contributed by atoms with Gasteiger partial charge in [-0.25, -0.2) is 4.98 Å². The van der Waals surface area contributed by atoms with E-state index in [0.717, 1.165) is 28.3 Å². The number of anilines is 3. The van der Waals surface area contributed by atoms with E-state index in [2.05, 4.69) is 25.7 Å². The number of aryl methyl sites for hydroxylation is 1. The number of fused-ring (bicyclic) bond motifs is 1. The van der Waals surface area contributed by atoms with E-state index in [0.29, 0.717) is 5.95 Å². The molecule has 3 heterocycles. The normalized spacial score (nSPS) is 10.8. The summed E-state index contributed by atoms with van der Waals surface area (Å²) in [4.78, 5) is 9.94. The van der Waals surface area contributed by atoms with Crippen molar-refractivity contribution in [2.75, 3.05) is 17.2 Å². The summed E-state index contributed by atoms with van der Waals surface area (Å²) in [5.74, 6) is 1.44. The topological polar surface area (TPSA) is 67.7 Å². The van der Waals surface area contributed by atoms with Crippen LogP contribution in [0.4, 0.5) is 17.5 Å². The van der Waals surface area contributed by atoms with Gasteiger partial charge in [-0.15, -0.1) is 11.3 Å². The van der Waals surface area contributed by atoms with Crippen molar-refractivity contribution in [1.29, 1.82) is 0 Å². The Morgan fingerprint density at radius 2 is 2.26 bits per heavy atom. The van der Waals surface area contributed by atoms with Gasteiger partial charge >= 0.3 is 0 Å². The first-order valence-corrected chi connectivity index (χ1v) is 6.89. The minimum atomic E-state index is 0.642. The third-order valence-electron chi connectivity index (χ3n) is 2.63. The SMILES string of the molecule is CCNc1nc(Nc2cnn(C)c2)c2ccsc2n1. The van der Waals surface area contributed by atoms with E-state index in [4.69, 9.17) is 0 Å². The fourth-order valence-electron chi connectivity index (χ4n) is 1.81. The molecule has 0 aliphatic carbocycles. The van der Waals surface area contributed by atoms with Gasteiger partial charge in [0.15, 0.2) is 0 Å². The Morgan fingerprint density at radius 3 is 3.00 bits per heavy atom. The lowest BCUT2D eigenvalue weighted by atomic mass is 10.3. The Labute approximate surface area is 114 Å². The molecule has 2 N–H and O–H groups in total. The molecule has 0 fully saturated rings. The van der Waals surface area contributed by atoms with Crippen LogP contribution >= 0.6 is 11.3 Å². The van der Waals surface area contributed by atoms with Gasteiger partial charge in [0, 0.05) is 19.8 Å².